The molecule has 1 N–H and O–H groups in total. The highest BCUT2D eigenvalue weighted by molar-refractivity contribution is 7.15. The van der Waals surface area contributed by atoms with Crippen LogP contribution in [0.5, 0.6) is 0 Å². The highest BCUT2D eigenvalue weighted by Gasteiger charge is 2.22. The van der Waals surface area contributed by atoms with E-state index >= 15 is 0 Å². The van der Waals surface area contributed by atoms with Crippen LogP contribution in [-0.2, 0) is 11.2 Å². The van der Waals surface area contributed by atoms with Gasteiger partial charge in [0.1, 0.15) is 17.2 Å². The molecule has 4 aromatic rings. The molecule has 1 amide bonds. The van der Waals surface area contributed by atoms with Crippen LogP contribution in [0.15, 0.2) is 40.5 Å². The van der Waals surface area contributed by atoms with Gasteiger partial charge < -0.3 is 5.32 Å². The summed E-state index contributed by atoms with van der Waals surface area (Å²) in [6.07, 6.45) is 5.62. The van der Waals surface area contributed by atoms with E-state index in [1.165, 1.54) is 32.9 Å². The molecule has 0 bridgehead atoms. The molecule has 3 aromatic heterocycles. The molecular formula is C25H26FN5O2S. The van der Waals surface area contributed by atoms with Crippen LogP contribution >= 0.6 is 11.3 Å². The van der Waals surface area contributed by atoms with Crippen LogP contribution in [0.25, 0.3) is 21.9 Å². The van der Waals surface area contributed by atoms with Gasteiger partial charge in [-0.25, -0.2) is 14.1 Å². The average Bonchev–Trinajstić information content (AvgIpc) is 3.38. The number of aryl methyl sites for hydroxylation is 2. The Morgan fingerprint density at radius 3 is 2.74 bits per heavy atom. The van der Waals surface area contributed by atoms with E-state index in [0.717, 1.165) is 25.7 Å². The number of benzene rings is 1. The van der Waals surface area contributed by atoms with Crippen molar-refractivity contribution in [1.82, 2.24) is 24.5 Å². The lowest BCUT2D eigenvalue weighted by Gasteiger charge is -2.22. The standard InChI is InChI=1S/C25H26FN5O2S/c1-15-12-20(29-31(15)21-11-7-6-10-19(21)26)23-16(2)27-25-30(24(23)33)18(14-34-25)13-22(32)28-17-8-4-3-5-9-17/h6-7,10-12,14,17H,3-5,8-9,13H2,1-2H3,(H,28,32). The van der Waals surface area contributed by atoms with Crippen molar-refractivity contribution < 1.29 is 9.18 Å². The number of halogens is 1. The number of nitrogens with zero attached hydrogens (tertiary/aromatic N) is 4. The summed E-state index contributed by atoms with van der Waals surface area (Å²) in [6.45, 7) is 3.58. The van der Waals surface area contributed by atoms with E-state index in [9.17, 15) is 14.0 Å². The second-order valence-corrected chi connectivity index (χ2v) is 9.67. The maximum absolute atomic E-state index is 14.4. The maximum Gasteiger partial charge on any atom is 0.268 e. The Balaban J connectivity index is 1.51. The lowest BCUT2D eigenvalue weighted by Crippen LogP contribution is -2.37. The van der Waals surface area contributed by atoms with Gasteiger partial charge >= 0.3 is 0 Å². The molecule has 34 heavy (non-hydrogen) atoms. The number of hydrogen-bond acceptors (Lipinski definition) is 5. The van der Waals surface area contributed by atoms with Crippen LogP contribution in [0.2, 0.25) is 0 Å². The first-order chi connectivity index (χ1) is 16.4. The third kappa shape index (κ3) is 4.16. The molecule has 176 valence electrons. The number of aromatic nitrogens is 4. The van der Waals surface area contributed by atoms with Crippen LogP contribution in [0.1, 0.15) is 49.2 Å². The summed E-state index contributed by atoms with van der Waals surface area (Å²) in [5.41, 5.74) is 2.66. The summed E-state index contributed by atoms with van der Waals surface area (Å²) < 4.78 is 17.4. The topological polar surface area (TPSA) is 81.3 Å². The Bertz CT molecular complexity index is 1430. The number of thiazole rings is 1. The molecule has 0 spiro atoms. The fourth-order valence-corrected chi connectivity index (χ4v) is 5.60. The van der Waals surface area contributed by atoms with Crippen LogP contribution < -0.4 is 10.9 Å². The molecule has 9 heteroatoms. The largest absolute Gasteiger partial charge is 0.353 e. The minimum absolute atomic E-state index is 0.0831. The monoisotopic (exact) mass is 479 g/mol. The lowest BCUT2D eigenvalue weighted by molar-refractivity contribution is -0.121. The number of hydrogen-bond donors (Lipinski definition) is 1. The fraction of sp³-hybridized carbons (Fsp3) is 0.360. The quantitative estimate of drug-likeness (QED) is 0.461. The number of rotatable bonds is 5. The van der Waals surface area contributed by atoms with Crippen molar-refractivity contribution in [2.75, 3.05) is 0 Å². The van der Waals surface area contributed by atoms with Crippen molar-refractivity contribution in [1.29, 1.82) is 0 Å². The van der Waals surface area contributed by atoms with Gasteiger partial charge in [0.2, 0.25) is 5.91 Å². The minimum Gasteiger partial charge on any atom is -0.353 e. The molecule has 1 aliphatic carbocycles. The molecule has 0 aliphatic heterocycles. The molecule has 5 rings (SSSR count). The van der Waals surface area contributed by atoms with Crippen LogP contribution in [-0.4, -0.2) is 31.1 Å². The summed E-state index contributed by atoms with van der Waals surface area (Å²) in [5, 5.41) is 9.47. The predicted octanol–water partition coefficient (Wildman–Crippen LogP) is 4.36. The normalized spacial score (nSPS) is 14.6. The Labute approximate surface area is 200 Å². The summed E-state index contributed by atoms with van der Waals surface area (Å²) in [4.78, 5) is 31.5. The fourth-order valence-electron chi connectivity index (χ4n) is 4.68. The van der Waals surface area contributed by atoms with Crippen molar-refractivity contribution in [2.45, 2.75) is 58.4 Å². The molecule has 3 heterocycles. The maximum atomic E-state index is 14.4. The smallest absolute Gasteiger partial charge is 0.268 e. The van der Waals surface area contributed by atoms with E-state index < -0.39 is 5.82 Å². The second kappa shape index (κ2) is 9.13. The van der Waals surface area contributed by atoms with E-state index in [2.05, 4.69) is 15.4 Å². The van der Waals surface area contributed by atoms with Gasteiger partial charge in [-0.1, -0.05) is 31.4 Å². The summed E-state index contributed by atoms with van der Waals surface area (Å²) in [5.74, 6) is -0.480. The number of para-hydroxylation sites is 1. The Morgan fingerprint density at radius 2 is 1.97 bits per heavy atom. The molecule has 0 unspecified atom stereocenters. The van der Waals surface area contributed by atoms with Gasteiger partial charge in [0.25, 0.3) is 5.56 Å². The third-order valence-corrected chi connectivity index (χ3v) is 7.23. The van der Waals surface area contributed by atoms with Crippen LogP contribution in [0.4, 0.5) is 4.39 Å². The van der Waals surface area contributed by atoms with Gasteiger partial charge in [-0.3, -0.25) is 14.0 Å². The number of carbonyl (C=O) groups is 1. The Morgan fingerprint density at radius 1 is 1.21 bits per heavy atom. The SMILES string of the molecule is Cc1nc2scc(CC(=O)NC3CCCCC3)n2c(=O)c1-c1cc(C)n(-c2ccccc2F)n1. The van der Waals surface area contributed by atoms with Gasteiger partial charge in [0.15, 0.2) is 4.96 Å². The molecule has 1 fully saturated rings. The first-order valence-corrected chi connectivity index (χ1v) is 12.4. The predicted molar refractivity (Wildman–Crippen MR) is 130 cm³/mol. The van der Waals surface area contributed by atoms with E-state index in [1.807, 2.05) is 12.3 Å². The highest BCUT2D eigenvalue weighted by Crippen LogP contribution is 2.24. The molecule has 0 saturated heterocycles. The summed E-state index contributed by atoms with van der Waals surface area (Å²) in [6, 6.07) is 8.34. The molecule has 0 atom stereocenters. The zero-order chi connectivity index (χ0) is 23.8. The van der Waals surface area contributed by atoms with Gasteiger partial charge in [0.05, 0.1) is 17.7 Å². The van der Waals surface area contributed by atoms with Gasteiger partial charge in [-0.15, -0.1) is 11.3 Å². The van der Waals surface area contributed by atoms with E-state index in [4.69, 9.17) is 0 Å². The van der Waals surface area contributed by atoms with Crippen molar-refractivity contribution in [2.24, 2.45) is 0 Å². The van der Waals surface area contributed by atoms with Crippen LogP contribution in [0.3, 0.4) is 0 Å². The van der Waals surface area contributed by atoms with Gasteiger partial charge in [-0.05, 0) is 44.9 Å². The third-order valence-electron chi connectivity index (χ3n) is 6.36. The van der Waals surface area contributed by atoms with Crippen LogP contribution in [0, 0.1) is 19.7 Å². The van der Waals surface area contributed by atoms with Gasteiger partial charge in [-0.2, -0.15) is 5.10 Å². The van der Waals surface area contributed by atoms with Crippen molar-refractivity contribution in [3.63, 3.8) is 0 Å². The first-order valence-electron chi connectivity index (χ1n) is 11.5. The zero-order valence-electron chi connectivity index (χ0n) is 19.2. The second-order valence-electron chi connectivity index (χ2n) is 8.84. The first kappa shape index (κ1) is 22.5. The van der Waals surface area contributed by atoms with E-state index in [1.54, 1.807) is 31.2 Å². The molecular weight excluding hydrogens is 453 g/mol. The highest BCUT2D eigenvalue weighted by atomic mass is 32.1. The van der Waals surface area contributed by atoms with E-state index in [-0.39, 0.29) is 23.9 Å². The summed E-state index contributed by atoms with van der Waals surface area (Å²) in [7, 11) is 0. The van der Waals surface area contributed by atoms with Crippen molar-refractivity contribution >= 4 is 22.2 Å². The van der Waals surface area contributed by atoms with Crippen molar-refractivity contribution in [3.8, 4) is 16.9 Å². The average molecular weight is 480 g/mol. The lowest BCUT2D eigenvalue weighted by atomic mass is 9.95. The zero-order valence-corrected chi connectivity index (χ0v) is 20.0. The Hall–Kier alpha value is -3.33. The van der Waals surface area contributed by atoms with Crippen molar-refractivity contribution in [3.05, 3.63) is 69.0 Å². The molecule has 1 aliphatic rings. The number of nitrogens with one attached hydrogen (secondary N) is 1. The molecule has 7 nitrogen and oxygen atoms in total. The molecule has 1 aromatic carbocycles. The minimum atomic E-state index is -0.397. The number of amides is 1. The number of carbonyl (C=O) groups excluding carboxylic acids is 1. The molecule has 0 radical (unpaired) electrons. The number of fused-ring (bicyclic) bond motifs is 1. The Kier molecular flexibility index (Phi) is 6.03. The summed E-state index contributed by atoms with van der Waals surface area (Å²) >= 11 is 1.34. The van der Waals surface area contributed by atoms with Gasteiger partial charge in [0, 0.05) is 22.8 Å². The molecule has 1 saturated carbocycles. The van der Waals surface area contributed by atoms with E-state index in [0.29, 0.717) is 39.0 Å².